The highest BCUT2D eigenvalue weighted by Crippen LogP contribution is 2.17. The van der Waals surface area contributed by atoms with E-state index >= 15 is 0 Å². The van der Waals surface area contributed by atoms with Crippen molar-refractivity contribution in [3.8, 4) is 0 Å². The molecule has 0 fully saturated rings. The number of hydrogen-bond acceptors (Lipinski definition) is 4. The van der Waals surface area contributed by atoms with Gasteiger partial charge in [0, 0.05) is 17.8 Å². The number of ether oxygens (including phenoxy) is 1. The lowest BCUT2D eigenvalue weighted by Gasteiger charge is -2.02. The molecule has 1 aromatic carbocycles. The van der Waals surface area contributed by atoms with Crippen LogP contribution in [0, 0.1) is 10.1 Å². The van der Waals surface area contributed by atoms with Crippen LogP contribution in [0.3, 0.4) is 0 Å². The van der Waals surface area contributed by atoms with Crippen molar-refractivity contribution in [1.82, 2.24) is 0 Å². The van der Waals surface area contributed by atoms with Crippen LogP contribution in [0.4, 0.5) is 15.8 Å². The minimum atomic E-state index is -1.13. The van der Waals surface area contributed by atoms with Gasteiger partial charge < -0.3 is 10.1 Å². The van der Waals surface area contributed by atoms with Gasteiger partial charge in [0.1, 0.15) is 6.26 Å². The number of rotatable bonds is 4. The predicted octanol–water partition coefficient (Wildman–Crippen LogP) is 1.99. The molecule has 0 aliphatic heterocycles. The fourth-order valence-electron chi connectivity index (χ4n) is 1.05. The van der Waals surface area contributed by atoms with Gasteiger partial charge in [-0.3, -0.25) is 14.9 Å². The summed E-state index contributed by atoms with van der Waals surface area (Å²) >= 11 is 0. The average Bonchev–Trinajstić information content (AvgIpc) is 2.29. The summed E-state index contributed by atoms with van der Waals surface area (Å²) in [5.74, 6) is -2.16. The maximum Gasteiger partial charge on any atom is 0.287 e. The van der Waals surface area contributed by atoms with Gasteiger partial charge in [0.2, 0.25) is 5.83 Å². The minimum absolute atomic E-state index is 0.129. The Labute approximate surface area is 95.8 Å². The molecule has 0 aliphatic carbocycles. The fraction of sp³-hybridized carbons (Fsp3) is 0.100. The van der Waals surface area contributed by atoms with Crippen LogP contribution in [0.1, 0.15) is 0 Å². The average molecular weight is 240 g/mol. The smallest absolute Gasteiger partial charge is 0.287 e. The number of nitro benzene ring substituents is 1. The number of methoxy groups -OCH3 is 1. The maximum absolute atomic E-state index is 12.9. The second-order valence-corrected chi connectivity index (χ2v) is 2.96. The zero-order chi connectivity index (χ0) is 12.8. The molecule has 7 heteroatoms. The molecule has 90 valence electrons. The first kappa shape index (κ1) is 12.6. The van der Waals surface area contributed by atoms with E-state index in [1.807, 2.05) is 0 Å². The summed E-state index contributed by atoms with van der Waals surface area (Å²) < 4.78 is 17.3. The van der Waals surface area contributed by atoms with Crippen LogP contribution in [-0.2, 0) is 9.53 Å². The predicted molar refractivity (Wildman–Crippen MR) is 57.9 cm³/mol. The highest BCUT2D eigenvalue weighted by Gasteiger charge is 2.11. The lowest BCUT2D eigenvalue weighted by atomic mass is 10.3. The van der Waals surface area contributed by atoms with Gasteiger partial charge in [-0.05, 0) is 6.07 Å². The SMILES string of the molecule is CO/C=C(/F)C(=O)Nc1cccc([N+](=O)[O-])c1. The zero-order valence-electron chi connectivity index (χ0n) is 8.84. The molecule has 1 aromatic rings. The summed E-state index contributed by atoms with van der Waals surface area (Å²) in [4.78, 5) is 21.0. The number of hydrogen-bond donors (Lipinski definition) is 1. The number of non-ortho nitro benzene ring substituents is 1. The second kappa shape index (κ2) is 5.59. The Morgan fingerprint density at radius 3 is 2.88 bits per heavy atom. The Kier molecular flexibility index (Phi) is 4.15. The molecule has 0 unspecified atom stereocenters. The lowest BCUT2D eigenvalue weighted by Crippen LogP contribution is -2.12. The number of anilines is 1. The topological polar surface area (TPSA) is 81.5 Å². The number of benzene rings is 1. The van der Waals surface area contributed by atoms with Gasteiger partial charge in [-0.15, -0.1) is 0 Å². The van der Waals surface area contributed by atoms with E-state index in [0.29, 0.717) is 6.26 Å². The van der Waals surface area contributed by atoms with Crippen molar-refractivity contribution >= 4 is 17.3 Å². The molecule has 1 rings (SSSR count). The normalized spacial score (nSPS) is 10.8. The molecule has 0 radical (unpaired) electrons. The molecule has 0 spiro atoms. The maximum atomic E-state index is 12.9. The van der Waals surface area contributed by atoms with Gasteiger partial charge in [0.25, 0.3) is 11.6 Å². The molecule has 17 heavy (non-hydrogen) atoms. The summed E-state index contributed by atoms with van der Waals surface area (Å²) in [5, 5.41) is 12.6. The Morgan fingerprint density at radius 1 is 1.59 bits per heavy atom. The zero-order valence-corrected chi connectivity index (χ0v) is 8.84. The Bertz CT molecular complexity index is 473. The van der Waals surface area contributed by atoms with Gasteiger partial charge in [-0.25, -0.2) is 0 Å². The summed E-state index contributed by atoms with van der Waals surface area (Å²) in [6.07, 6.45) is 0.632. The number of nitro groups is 1. The van der Waals surface area contributed by atoms with Crippen LogP contribution >= 0.6 is 0 Å². The van der Waals surface area contributed by atoms with E-state index in [2.05, 4.69) is 10.1 Å². The van der Waals surface area contributed by atoms with Crippen molar-refractivity contribution in [1.29, 1.82) is 0 Å². The first-order valence-electron chi connectivity index (χ1n) is 4.49. The van der Waals surface area contributed by atoms with E-state index < -0.39 is 16.7 Å². The molecular weight excluding hydrogens is 231 g/mol. The van der Waals surface area contributed by atoms with Gasteiger partial charge in [-0.2, -0.15) is 4.39 Å². The van der Waals surface area contributed by atoms with Crippen LogP contribution < -0.4 is 5.32 Å². The van der Waals surface area contributed by atoms with Crippen molar-refractivity contribution < 1.29 is 18.8 Å². The van der Waals surface area contributed by atoms with E-state index in [1.54, 1.807) is 0 Å². The summed E-state index contributed by atoms with van der Waals surface area (Å²) in [6, 6.07) is 5.17. The largest absolute Gasteiger partial charge is 0.501 e. The first-order valence-corrected chi connectivity index (χ1v) is 4.49. The van der Waals surface area contributed by atoms with E-state index in [9.17, 15) is 19.3 Å². The number of nitrogens with zero attached hydrogens (tertiary/aromatic N) is 1. The minimum Gasteiger partial charge on any atom is -0.501 e. The summed E-state index contributed by atoms with van der Waals surface area (Å²) in [7, 11) is 1.19. The standard InChI is InChI=1S/C10H9FN2O4/c1-17-6-9(11)10(14)12-7-3-2-4-8(5-7)13(15)16/h2-6H,1H3,(H,12,14)/b9-6+. The number of carbonyl (C=O) groups excluding carboxylic acids is 1. The van der Waals surface area contributed by atoms with E-state index in [1.165, 1.54) is 25.3 Å². The van der Waals surface area contributed by atoms with E-state index in [-0.39, 0.29) is 11.4 Å². The van der Waals surface area contributed by atoms with Crippen molar-refractivity contribution in [2.24, 2.45) is 0 Å². The van der Waals surface area contributed by atoms with Crippen molar-refractivity contribution in [2.75, 3.05) is 12.4 Å². The summed E-state index contributed by atoms with van der Waals surface area (Å²) in [5.41, 5.74) is -0.0669. The molecule has 1 N–H and O–H groups in total. The number of carbonyl (C=O) groups is 1. The van der Waals surface area contributed by atoms with E-state index in [4.69, 9.17) is 0 Å². The highest BCUT2D eigenvalue weighted by molar-refractivity contribution is 6.02. The van der Waals surface area contributed by atoms with Crippen LogP contribution in [0.2, 0.25) is 0 Å². The third-order valence-electron chi connectivity index (χ3n) is 1.75. The van der Waals surface area contributed by atoms with Crippen LogP contribution in [0.5, 0.6) is 0 Å². The quantitative estimate of drug-likeness (QED) is 0.377. The van der Waals surface area contributed by atoms with Crippen molar-refractivity contribution in [3.63, 3.8) is 0 Å². The van der Waals surface area contributed by atoms with Crippen molar-refractivity contribution in [2.45, 2.75) is 0 Å². The Morgan fingerprint density at radius 2 is 2.29 bits per heavy atom. The van der Waals surface area contributed by atoms with Crippen LogP contribution in [0.15, 0.2) is 36.4 Å². The molecular formula is C10H9FN2O4. The van der Waals surface area contributed by atoms with Crippen LogP contribution in [-0.4, -0.2) is 17.9 Å². The third kappa shape index (κ3) is 3.56. The Balaban J connectivity index is 2.82. The van der Waals surface area contributed by atoms with Gasteiger partial charge in [0.05, 0.1) is 12.0 Å². The van der Waals surface area contributed by atoms with E-state index in [0.717, 1.165) is 6.07 Å². The Hall–Kier alpha value is -2.44. The summed E-state index contributed by atoms with van der Waals surface area (Å²) in [6.45, 7) is 0. The molecule has 0 bridgehead atoms. The number of halogens is 1. The number of amides is 1. The molecule has 1 amide bonds. The molecule has 0 aromatic heterocycles. The molecule has 0 heterocycles. The second-order valence-electron chi connectivity index (χ2n) is 2.96. The monoisotopic (exact) mass is 240 g/mol. The third-order valence-corrected chi connectivity index (χ3v) is 1.75. The molecule has 0 aliphatic rings. The molecule has 0 saturated carbocycles. The first-order chi connectivity index (χ1) is 8.04. The molecule has 0 atom stereocenters. The molecule has 0 saturated heterocycles. The van der Waals surface area contributed by atoms with Crippen LogP contribution in [0.25, 0.3) is 0 Å². The van der Waals surface area contributed by atoms with Gasteiger partial charge in [-0.1, -0.05) is 6.07 Å². The fourth-order valence-corrected chi connectivity index (χ4v) is 1.05. The van der Waals surface area contributed by atoms with Gasteiger partial charge in [0.15, 0.2) is 0 Å². The number of nitrogens with one attached hydrogen (secondary N) is 1. The molecule has 6 nitrogen and oxygen atoms in total. The highest BCUT2D eigenvalue weighted by atomic mass is 19.1. The van der Waals surface area contributed by atoms with Crippen molar-refractivity contribution in [3.05, 3.63) is 46.5 Å². The lowest BCUT2D eigenvalue weighted by molar-refractivity contribution is -0.384. The van der Waals surface area contributed by atoms with Gasteiger partial charge >= 0.3 is 0 Å².